The molecular formula is C15H23N3O2. The molecule has 3 N–H and O–H groups in total. The Labute approximate surface area is 120 Å². The highest BCUT2D eigenvalue weighted by Gasteiger charge is 2.37. The number of carbonyl (C=O) groups excluding carboxylic acids is 1. The molecule has 110 valence electrons. The Balaban J connectivity index is 2.36. The molecule has 1 aromatic carbocycles. The van der Waals surface area contributed by atoms with Crippen LogP contribution in [0.3, 0.4) is 0 Å². The lowest BCUT2D eigenvalue weighted by molar-refractivity contribution is -0.126. The predicted octanol–water partition coefficient (Wildman–Crippen LogP) is 1.77. The van der Waals surface area contributed by atoms with E-state index in [-0.39, 0.29) is 12.0 Å². The van der Waals surface area contributed by atoms with Crippen LogP contribution in [-0.4, -0.2) is 30.6 Å². The fourth-order valence-electron chi connectivity index (χ4n) is 2.45. The zero-order valence-electron chi connectivity index (χ0n) is 12.6. The number of nitrogens with two attached hydrogens (primary N) is 1. The summed E-state index contributed by atoms with van der Waals surface area (Å²) in [5.41, 5.74) is 6.92. The van der Waals surface area contributed by atoms with Gasteiger partial charge in [0.25, 0.3) is 0 Å². The molecule has 5 heteroatoms. The Kier molecular flexibility index (Phi) is 3.79. The van der Waals surface area contributed by atoms with E-state index in [0.29, 0.717) is 12.2 Å². The van der Waals surface area contributed by atoms with E-state index in [0.717, 1.165) is 18.0 Å². The van der Waals surface area contributed by atoms with Gasteiger partial charge in [0.15, 0.2) is 0 Å². The van der Waals surface area contributed by atoms with Gasteiger partial charge in [-0.25, -0.2) is 0 Å². The smallest absolute Gasteiger partial charge is 0.245 e. The summed E-state index contributed by atoms with van der Waals surface area (Å²) in [6.45, 7) is 9.16. The topological polar surface area (TPSA) is 67.6 Å². The largest absolute Gasteiger partial charge is 0.491 e. The van der Waals surface area contributed by atoms with E-state index in [1.165, 1.54) is 0 Å². The van der Waals surface area contributed by atoms with Crippen molar-refractivity contribution in [3.8, 4) is 5.75 Å². The number of hydrogen-bond acceptors (Lipinski definition) is 4. The summed E-state index contributed by atoms with van der Waals surface area (Å²) in [5, 5.41) is 2.89. The van der Waals surface area contributed by atoms with Gasteiger partial charge in [0.05, 0.1) is 6.10 Å². The minimum absolute atomic E-state index is 0.0255. The Morgan fingerprint density at radius 3 is 2.70 bits per heavy atom. The van der Waals surface area contributed by atoms with Gasteiger partial charge in [-0.3, -0.25) is 4.79 Å². The van der Waals surface area contributed by atoms with Gasteiger partial charge in [-0.1, -0.05) is 0 Å². The molecule has 0 unspecified atom stereocenters. The van der Waals surface area contributed by atoms with E-state index in [2.05, 4.69) is 10.2 Å². The monoisotopic (exact) mass is 277 g/mol. The number of benzene rings is 1. The third-order valence-corrected chi connectivity index (χ3v) is 3.45. The third kappa shape index (κ3) is 2.81. The molecule has 5 nitrogen and oxygen atoms in total. The molecular weight excluding hydrogens is 254 g/mol. The van der Waals surface area contributed by atoms with Crippen molar-refractivity contribution in [1.82, 2.24) is 5.32 Å². The Morgan fingerprint density at radius 1 is 1.35 bits per heavy atom. The first-order valence-electron chi connectivity index (χ1n) is 6.94. The number of ether oxygens (including phenoxy) is 1. The van der Waals surface area contributed by atoms with Crippen LogP contribution in [0.4, 0.5) is 11.4 Å². The molecule has 1 heterocycles. The van der Waals surface area contributed by atoms with Crippen molar-refractivity contribution in [1.29, 1.82) is 0 Å². The van der Waals surface area contributed by atoms with Crippen LogP contribution in [0.1, 0.15) is 27.7 Å². The number of anilines is 2. The predicted molar refractivity (Wildman–Crippen MR) is 81.1 cm³/mol. The van der Waals surface area contributed by atoms with Gasteiger partial charge in [0, 0.05) is 36.6 Å². The molecule has 0 radical (unpaired) electrons. The molecule has 1 aliphatic heterocycles. The van der Waals surface area contributed by atoms with Crippen LogP contribution in [0.2, 0.25) is 0 Å². The summed E-state index contributed by atoms with van der Waals surface area (Å²) in [5.74, 6) is 0.759. The molecule has 0 saturated carbocycles. The van der Waals surface area contributed by atoms with Crippen molar-refractivity contribution < 1.29 is 9.53 Å². The van der Waals surface area contributed by atoms with Crippen LogP contribution in [0.5, 0.6) is 5.75 Å². The highest BCUT2D eigenvalue weighted by molar-refractivity contribution is 5.90. The van der Waals surface area contributed by atoms with Gasteiger partial charge in [-0.15, -0.1) is 0 Å². The molecule has 1 fully saturated rings. The second-order valence-electron chi connectivity index (χ2n) is 5.89. The van der Waals surface area contributed by atoms with Crippen molar-refractivity contribution >= 4 is 17.3 Å². The molecule has 0 spiro atoms. The summed E-state index contributed by atoms with van der Waals surface area (Å²) in [4.78, 5) is 14.1. The number of hydrogen-bond donors (Lipinski definition) is 2. The lowest BCUT2D eigenvalue weighted by Gasteiger charge is -2.43. The van der Waals surface area contributed by atoms with E-state index in [9.17, 15) is 4.79 Å². The molecule has 1 amide bonds. The highest BCUT2D eigenvalue weighted by atomic mass is 16.5. The number of rotatable bonds is 3. The number of amides is 1. The maximum atomic E-state index is 12.0. The fourth-order valence-corrected chi connectivity index (χ4v) is 2.45. The van der Waals surface area contributed by atoms with Gasteiger partial charge < -0.3 is 20.7 Å². The van der Waals surface area contributed by atoms with E-state index in [4.69, 9.17) is 10.5 Å². The standard InChI is InChI=1S/C15H23N3O2/c1-10(2)20-13-8-11(16)7-12(9-13)18-6-5-17-14(19)15(18,3)4/h7-10H,5-6,16H2,1-4H3,(H,17,19). The molecule has 0 aliphatic carbocycles. The number of piperazine rings is 1. The van der Waals surface area contributed by atoms with Crippen LogP contribution in [-0.2, 0) is 4.79 Å². The van der Waals surface area contributed by atoms with Gasteiger partial charge in [-0.05, 0) is 33.8 Å². The molecule has 1 saturated heterocycles. The lowest BCUT2D eigenvalue weighted by Crippen LogP contribution is -2.62. The molecule has 2 rings (SSSR count). The van der Waals surface area contributed by atoms with E-state index >= 15 is 0 Å². The van der Waals surface area contributed by atoms with E-state index in [1.54, 1.807) is 6.07 Å². The summed E-state index contributed by atoms with van der Waals surface area (Å²) in [6, 6.07) is 5.63. The number of carbonyl (C=O) groups is 1. The lowest BCUT2D eigenvalue weighted by atomic mass is 9.98. The van der Waals surface area contributed by atoms with Crippen LogP contribution < -0.4 is 20.7 Å². The Bertz CT molecular complexity index is 512. The number of nitrogen functional groups attached to an aromatic ring is 1. The summed E-state index contributed by atoms with van der Waals surface area (Å²) in [6.07, 6.45) is 0.0855. The van der Waals surface area contributed by atoms with Crippen LogP contribution in [0, 0.1) is 0 Å². The minimum atomic E-state index is -0.596. The van der Waals surface area contributed by atoms with E-state index < -0.39 is 5.54 Å². The fraction of sp³-hybridized carbons (Fsp3) is 0.533. The zero-order chi connectivity index (χ0) is 14.9. The van der Waals surface area contributed by atoms with Crippen molar-refractivity contribution in [2.45, 2.75) is 39.3 Å². The van der Waals surface area contributed by atoms with Gasteiger partial charge >= 0.3 is 0 Å². The van der Waals surface area contributed by atoms with E-state index in [1.807, 2.05) is 39.8 Å². The first-order valence-corrected chi connectivity index (χ1v) is 6.94. The summed E-state index contributed by atoms with van der Waals surface area (Å²) in [7, 11) is 0. The molecule has 20 heavy (non-hydrogen) atoms. The van der Waals surface area contributed by atoms with Gasteiger partial charge in [0.1, 0.15) is 11.3 Å². The first-order chi connectivity index (χ1) is 9.30. The highest BCUT2D eigenvalue weighted by Crippen LogP contribution is 2.31. The number of nitrogens with zero attached hydrogens (tertiary/aromatic N) is 1. The number of nitrogens with one attached hydrogen (secondary N) is 1. The molecule has 1 aliphatic rings. The molecule has 0 aromatic heterocycles. The van der Waals surface area contributed by atoms with Crippen LogP contribution in [0.25, 0.3) is 0 Å². The van der Waals surface area contributed by atoms with Gasteiger partial charge in [0.2, 0.25) is 5.91 Å². The van der Waals surface area contributed by atoms with Crippen molar-refractivity contribution in [3.05, 3.63) is 18.2 Å². The first kappa shape index (κ1) is 14.5. The second kappa shape index (κ2) is 5.23. The van der Waals surface area contributed by atoms with Crippen LogP contribution in [0.15, 0.2) is 18.2 Å². The molecule has 1 aromatic rings. The van der Waals surface area contributed by atoms with Crippen molar-refractivity contribution in [2.75, 3.05) is 23.7 Å². The van der Waals surface area contributed by atoms with Crippen LogP contribution >= 0.6 is 0 Å². The third-order valence-electron chi connectivity index (χ3n) is 3.45. The zero-order valence-corrected chi connectivity index (χ0v) is 12.6. The van der Waals surface area contributed by atoms with Crippen molar-refractivity contribution in [3.63, 3.8) is 0 Å². The second-order valence-corrected chi connectivity index (χ2v) is 5.89. The Morgan fingerprint density at radius 2 is 2.05 bits per heavy atom. The Hall–Kier alpha value is -1.91. The summed E-state index contributed by atoms with van der Waals surface area (Å²) < 4.78 is 5.71. The maximum absolute atomic E-state index is 12.0. The molecule has 0 bridgehead atoms. The average Bonchev–Trinajstić information content (AvgIpc) is 2.30. The van der Waals surface area contributed by atoms with Gasteiger partial charge in [-0.2, -0.15) is 0 Å². The quantitative estimate of drug-likeness (QED) is 0.826. The minimum Gasteiger partial charge on any atom is -0.491 e. The van der Waals surface area contributed by atoms with Crippen molar-refractivity contribution in [2.24, 2.45) is 0 Å². The SMILES string of the molecule is CC(C)Oc1cc(N)cc(N2CCNC(=O)C2(C)C)c1. The average molecular weight is 277 g/mol. The molecule has 0 atom stereocenters. The summed E-state index contributed by atoms with van der Waals surface area (Å²) >= 11 is 0. The maximum Gasteiger partial charge on any atom is 0.245 e. The normalized spacial score (nSPS) is 18.1.